The predicted molar refractivity (Wildman–Crippen MR) is 138 cm³/mol. The van der Waals surface area contributed by atoms with Crippen LogP contribution in [0, 0.1) is 23.1 Å². The molecule has 35 heavy (non-hydrogen) atoms. The summed E-state index contributed by atoms with van der Waals surface area (Å²) >= 11 is 0. The molecule has 0 saturated carbocycles. The minimum atomic E-state index is -2.33. The molecule has 0 aliphatic heterocycles. The first-order valence-electron chi connectivity index (χ1n) is 12.4. The van der Waals surface area contributed by atoms with Crippen LogP contribution in [-0.4, -0.2) is 30.9 Å². The molecule has 0 aliphatic carbocycles. The van der Waals surface area contributed by atoms with Gasteiger partial charge in [0.25, 0.3) is 0 Å². The van der Waals surface area contributed by atoms with Crippen LogP contribution < -0.4 is 11.1 Å². The second-order valence-electron chi connectivity index (χ2n) is 8.82. The van der Waals surface area contributed by atoms with E-state index in [4.69, 9.17) is 17.9 Å². The second kappa shape index (κ2) is 12.9. The molecule has 3 rings (SSSR count). The van der Waals surface area contributed by atoms with Crippen molar-refractivity contribution in [3.8, 4) is 11.8 Å². The van der Waals surface area contributed by atoms with Crippen LogP contribution in [0.3, 0.4) is 0 Å². The first-order valence-corrected chi connectivity index (χ1v) is 11.4. The van der Waals surface area contributed by atoms with Crippen LogP contribution >= 0.6 is 0 Å². The highest BCUT2D eigenvalue weighted by Gasteiger charge is 2.16. The third kappa shape index (κ3) is 9.06. The van der Waals surface area contributed by atoms with Gasteiger partial charge in [-0.3, -0.25) is 0 Å². The molecule has 0 aromatic heterocycles. The van der Waals surface area contributed by atoms with Crippen LogP contribution in [0.25, 0.3) is 0 Å². The molecule has 0 amide bonds. The molecule has 0 aliphatic rings. The Balaban J connectivity index is 1.64. The van der Waals surface area contributed by atoms with Gasteiger partial charge in [-0.25, -0.2) is 4.39 Å². The van der Waals surface area contributed by atoms with Crippen molar-refractivity contribution in [1.29, 1.82) is 0 Å². The smallest absolute Gasteiger partial charge is 0.148 e. The number of ether oxygens (including phenoxy) is 2. The Hall–Kier alpha value is -3.37. The monoisotopic (exact) mass is 478 g/mol. The maximum absolute atomic E-state index is 14.2. The standard InChI is InChI=1S/C29H33FN2O3/c1-29(2,21-35-19-23-11-7-4-8-12-23)14-13-24-15-27(31)26(30)16-28(24)32-17-25(33)20-34-18-22-9-5-3-6-10-22/h3-12,15-16,25,32-33H,17-21,31H2,1-2H3/i20D2. The number of nitrogen functional groups attached to an aromatic ring is 1. The third-order valence-electron chi connectivity index (χ3n) is 5.03. The van der Waals surface area contributed by atoms with Crippen molar-refractivity contribution in [2.45, 2.75) is 33.2 Å². The highest BCUT2D eigenvalue weighted by molar-refractivity contribution is 5.65. The summed E-state index contributed by atoms with van der Waals surface area (Å²) < 4.78 is 41.5. The molecule has 0 bridgehead atoms. The maximum atomic E-state index is 14.2. The lowest BCUT2D eigenvalue weighted by atomic mass is 9.95. The largest absolute Gasteiger partial charge is 0.396 e. The SMILES string of the molecule is [2H]C([2H])(OCc1ccccc1)C(O)CNc1cc(F)c(N)cc1C#CC(C)(C)COCc1ccccc1. The summed E-state index contributed by atoms with van der Waals surface area (Å²) in [7, 11) is 0. The van der Waals surface area contributed by atoms with Gasteiger partial charge in [-0.05, 0) is 31.0 Å². The van der Waals surface area contributed by atoms with Gasteiger partial charge < -0.3 is 25.6 Å². The summed E-state index contributed by atoms with van der Waals surface area (Å²) in [5.41, 5.74) is 7.76. The Morgan fingerprint density at radius 2 is 1.63 bits per heavy atom. The molecule has 6 heteroatoms. The Morgan fingerprint density at radius 1 is 1.03 bits per heavy atom. The van der Waals surface area contributed by atoms with Gasteiger partial charge in [-0.1, -0.05) is 72.5 Å². The van der Waals surface area contributed by atoms with E-state index in [-0.39, 0.29) is 24.5 Å². The lowest BCUT2D eigenvalue weighted by Gasteiger charge is -2.18. The van der Waals surface area contributed by atoms with E-state index in [9.17, 15) is 9.50 Å². The minimum Gasteiger partial charge on any atom is -0.396 e. The van der Waals surface area contributed by atoms with Gasteiger partial charge in [0.2, 0.25) is 0 Å². The molecule has 3 aromatic carbocycles. The van der Waals surface area contributed by atoms with Crippen molar-refractivity contribution in [3.63, 3.8) is 0 Å². The molecule has 1 unspecified atom stereocenters. The van der Waals surface area contributed by atoms with Crippen molar-refractivity contribution in [2.24, 2.45) is 5.41 Å². The zero-order chi connectivity index (χ0) is 26.9. The number of rotatable bonds is 11. The van der Waals surface area contributed by atoms with Gasteiger partial charge in [0.05, 0.1) is 46.6 Å². The quantitative estimate of drug-likeness (QED) is 0.267. The zero-order valence-electron chi connectivity index (χ0n) is 22.1. The van der Waals surface area contributed by atoms with E-state index in [1.165, 1.54) is 12.1 Å². The van der Waals surface area contributed by atoms with Gasteiger partial charge in [-0.15, -0.1) is 0 Å². The fourth-order valence-electron chi connectivity index (χ4n) is 3.15. The summed E-state index contributed by atoms with van der Waals surface area (Å²) in [4.78, 5) is 0. The summed E-state index contributed by atoms with van der Waals surface area (Å²) in [6.45, 7) is 2.16. The number of hydrogen-bond acceptors (Lipinski definition) is 5. The highest BCUT2D eigenvalue weighted by Crippen LogP contribution is 2.23. The van der Waals surface area contributed by atoms with Crippen LogP contribution in [0.5, 0.6) is 0 Å². The zero-order valence-corrected chi connectivity index (χ0v) is 20.1. The number of anilines is 2. The minimum absolute atomic E-state index is 0.000446. The second-order valence-corrected chi connectivity index (χ2v) is 8.82. The lowest BCUT2D eigenvalue weighted by molar-refractivity contribution is 0.0348. The summed E-state index contributed by atoms with van der Waals surface area (Å²) in [5.74, 6) is 5.54. The van der Waals surface area contributed by atoms with E-state index < -0.39 is 23.9 Å². The maximum Gasteiger partial charge on any atom is 0.148 e. The number of hydrogen-bond donors (Lipinski definition) is 3. The van der Waals surface area contributed by atoms with E-state index in [2.05, 4.69) is 17.2 Å². The Kier molecular flexibility index (Phi) is 8.63. The van der Waals surface area contributed by atoms with E-state index in [1.54, 1.807) is 12.1 Å². The van der Waals surface area contributed by atoms with Crippen molar-refractivity contribution in [3.05, 3.63) is 95.3 Å². The Bertz CT molecular complexity index is 1210. The first-order chi connectivity index (χ1) is 17.6. The molecular formula is C29H33FN2O3. The van der Waals surface area contributed by atoms with Crippen LogP contribution in [0.15, 0.2) is 72.8 Å². The van der Waals surface area contributed by atoms with Gasteiger partial charge in [0.15, 0.2) is 0 Å². The predicted octanol–water partition coefficient (Wildman–Crippen LogP) is 4.99. The van der Waals surface area contributed by atoms with E-state index in [0.29, 0.717) is 18.8 Å². The fourth-order valence-corrected chi connectivity index (χ4v) is 3.15. The van der Waals surface area contributed by atoms with Gasteiger partial charge >= 0.3 is 0 Å². The van der Waals surface area contributed by atoms with Crippen LogP contribution in [0.1, 0.15) is 33.3 Å². The van der Waals surface area contributed by atoms with Crippen LogP contribution in [0.4, 0.5) is 15.8 Å². The number of halogens is 1. The number of nitrogens with two attached hydrogens (primary N) is 1. The Morgan fingerprint density at radius 3 is 2.26 bits per heavy atom. The van der Waals surface area contributed by atoms with Gasteiger partial charge in [-0.2, -0.15) is 0 Å². The van der Waals surface area contributed by atoms with E-state index in [1.807, 2.05) is 62.4 Å². The number of benzene rings is 3. The molecular weight excluding hydrogens is 443 g/mol. The highest BCUT2D eigenvalue weighted by atomic mass is 19.1. The summed E-state index contributed by atoms with van der Waals surface area (Å²) in [6, 6.07) is 21.5. The normalized spacial score (nSPS) is 13.3. The van der Waals surface area contributed by atoms with Crippen molar-refractivity contribution < 1.29 is 21.7 Å². The van der Waals surface area contributed by atoms with Crippen molar-refractivity contribution in [1.82, 2.24) is 0 Å². The fraction of sp³-hybridized carbons (Fsp3) is 0.310. The first kappa shape index (κ1) is 23.4. The average molecular weight is 479 g/mol. The molecule has 0 fully saturated rings. The number of aliphatic hydroxyl groups excluding tert-OH is 1. The third-order valence-corrected chi connectivity index (χ3v) is 5.03. The molecule has 0 radical (unpaired) electrons. The summed E-state index contributed by atoms with van der Waals surface area (Å²) in [6.07, 6.45) is -1.53. The van der Waals surface area contributed by atoms with E-state index >= 15 is 0 Å². The van der Waals surface area contributed by atoms with Crippen LogP contribution in [-0.2, 0) is 22.7 Å². The Labute approximate surface area is 209 Å². The number of aliphatic hydroxyl groups is 1. The molecule has 0 spiro atoms. The molecule has 0 saturated heterocycles. The van der Waals surface area contributed by atoms with Gasteiger partial charge in [0, 0.05) is 23.6 Å². The molecule has 3 aromatic rings. The molecule has 5 nitrogen and oxygen atoms in total. The molecule has 0 heterocycles. The van der Waals surface area contributed by atoms with Crippen molar-refractivity contribution >= 4 is 11.4 Å². The van der Waals surface area contributed by atoms with Crippen molar-refractivity contribution in [2.75, 3.05) is 30.8 Å². The average Bonchev–Trinajstić information content (AvgIpc) is 2.88. The summed E-state index contributed by atoms with van der Waals surface area (Å²) in [5, 5.41) is 13.3. The van der Waals surface area contributed by atoms with Gasteiger partial charge in [0.1, 0.15) is 5.82 Å². The molecule has 4 N–H and O–H groups in total. The lowest BCUT2D eigenvalue weighted by Crippen LogP contribution is -2.25. The topological polar surface area (TPSA) is 76.7 Å². The molecule has 1 atom stereocenters. The van der Waals surface area contributed by atoms with E-state index in [0.717, 1.165) is 11.1 Å². The number of nitrogens with one attached hydrogen (secondary N) is 1. The van der Waals surface area contributed by atoms with Crippen LogP contribution in [0.2, 0.25) is 0 Å². The molecule has 184 valence electrons.